The van der Waals surface area contributed by atoms with E-state index in [2.05, 4.69) is 15.3 Å². The summed E-state index contributed by atoms with van der Waals surface area (Å²) in [5.41, 5.74) is 2.96. The van der Waals surface area contributed by atoms with Crippen molar-refractivity contribution in [1.82, 2.24) is 4.98 Å². The van der Waals surface area contributed by atoms with Gasteiger partial charge in [0.05, 0.1) is 32.7 Å². The molecule has 6 rings (SSSR count). The van der Waals surface area contributed by atoms with Crippen LogP contribution in [0.4, 0.5) is 15.8 Å². The number of pyridine rings is 1. The largest absolute Gasteiger partial charge is 0.478 e. The molecule has 1 aliphatic heterocycles. The molecule has 1 atom stereocenters. The lowest BCUT2D eigenvalue weighted by Gasteiger charge is -2.20. The number of anilines is 2. The number of benzene rings is 4. The van der Waals surface area contributed by atoms with Crippen molar-refractivity contribution in [3.05, 3.63) is 131 Å². The molecule has 46 heavy (non-hydrogen) atoms. The first-order valence-corrected chi connectivity index (χ1v) is 15.3. The van der Waals surface area contributed by atoms with Crippen molar-refractivity contribution in [2.24, 2.45) is 4.99 Å². The van der Waals surface area contributed by atoms with Crippen LogP contribution in [0.3, 0.4) is 0 Å². The molecular formula is C35H24ClFN4O4S. The first-order valence-electron chi connectivity index (χ1n) is 14.0. The van der Waals surface area contributed by atoms with Crippen LogP contribution in [0.1, 0.15) is 22.8 Å². The minimum Gasteiger partial charge on any atom is -0.478 e. The molecular weight excluding hydrogens is 627 g/mol. The zero-order valence-electron chi connectivity index (χ0n) is 24.1. The molecule has 1 aromatic heterocycles. The Kier molecular flexibility index (Phi) is 8.65. The highest BCUT2D eigenvalue weighted by molar-refractivity contribution is 8.15. The second-order valence-electron chi connectivity index (χ2n) is 10.2. The van der Waals surface area contributed by atoms with Gasteiger partial charge >= 0.3 is 5.97 Å². The molecule has 0 aliphatic carbocycles. The number of nitrogens with one attached hydrogen (secondary N) is 1. The minimum atomic E-state index is -1.05. The molecule has 0 spiro atoms. The number of carbonyl (C=O) groups is 3. The number of aromatic carboxylic acids is 1. The Morgan fingerprint density at radius 2 is 1.70 bits per heavy atom. The van der Waals surface area contributed by atoms with Gasteiger partial charge in [-0.1, -0.05) is 78.0 Å². The molecule has 8 nitrogen and oxygen atoms in total. The van der Waals surface area contributed by atoms with E-state index in [-0.39, 0.29) is 32.9 Å². The van der Waals surface area contributed by atoms with E-state index in [0.29, 0.717) is 33.5 Å². The van der Waals surface area contributed by atoms with Crippen LogP contribution in [-0.2, 0) is 9.59 Å². The van der Waals surface area contributed by atoms with E-state index >= 15 is 0 Å². The molecule has 2 N–H and O–H groups in total. The van der Waals surface area contributed by atoms with Gasteiger partial charge < -0.3 is 10.4 Å². The number of nitrogens with zero attached hydrogens (tertiary/aromatic N) is 3. The van der Waals surface area contributed by atoms with Crippen molar-refractivity contribution in [3.63, 3.8) is 0 Å². The second kappa shape index (κ2) is 13.0. The number of halogens is 2. The maximum Gasteiger partial charge on any atom is 0.336 e. The average Bonchev–Trinajstić information content (AvgIpc) is 3.36. The van der Waals surface area contributed by atoms with Gasteiger partial charge in [-0.2, -0.15) is 0 Å². The number of para-hydroxylation sites is 2. The smallest absolute Gasteiger partial charge is 0.336 e. The minimum absolute atomic E-state index is 0.0186. The molecule has 11 heteroatoms. The quantitative estimate of drug-likeness (QED) is 0.173. The summed E-state index contributed by atoms with van der Waals surface area (Å²) in [4.78, 5) is 49.1. The topological polar surface area (TPSA) is 112 Å². The maximum atomic E-state index is 14.5. The van der Waals surface area contributed by atoms with Crippen LogP contribution in [0.15, 0.2) is 114 Å². The molecule has 2 amide bonds. The molecule has 0 bridgehead atoms. The van der Waals surface area contributed by atoms with Gasteiger partial charge in [-0.05, 0) is 61.5 Å². The van der Waals surface area contributed by atoms with E-state index in [1.807, 2.05) is 6.07 Å². The fourth-order valence-electron chi connectivity index (χ4n) is 4.85. The number of amidine groups is 1. The fraction of sp³-hybridized carbons (Fsp3) is 0.0571. The fourth-order valence-corrected chi connectivity index (χ4v) is 5.99. The average molecular weight is 651 g/mol. The van der Waals surface area contributed by atoms with Crippen LogP contribution in [0.5, 0.6) is 0 Å². The maximum absolute atomic E-state index is 14.5. The van der Waals surface area contributed by atoms with Crippen LogP contribution in [0.25, 0.3) is 28.2 Å². The van der Waals surface area contributed by atoms with E-state index in [9.17, 15) is 23.9 Å². The highest BCUT2D eigenvalue weighted by Gasteiger charge is 2.34. The van der Waals surface area contributed by atoms with E-state index < -0.39 is 22.9 Å². The molecule has 0 saturated carbocycles. The highest BCUT2D eigenvalue weighted by Crippen LogP contribution is 2.33. The van der Waals surface area contributed by atoms with E-state index in [1.54, 1.807) is 79.7 Å². The predicted octanol–water partition coefficient (Wildman–Crippen LogP) is 7.90. The summed E-state index contributed by atoms with van der Waals surface area (Å²) >= 11 is 7.27. The number of aromatic nitrogens is 1. The van der Waals surface area contributed by atoms with Crippen molar-refractivity contribution < 1.29 is 23.9 Å². The summed E-state index contributed by atoms with van der Waals surface area (Å²) in [6.07, 6.45) is 1.31. The van der Waals surface area contributed by atoms with Gasteiger partial charge in [0.15, 0.2) is 5.17 Å². The van der Waals surface area contributed by atoms with Crippen molar-refractivity contribution in [1.29, 1.82) is 0 Å². The number of carboxylic acids is 1. The van der Waals surface area contributed by atoms with Crippen molar-refractivity contribution in [2.75, 3.05) is 10.2 Å². The van der Waals surface area contributed by atoms with Gasteiger partial charge in [0.25, 0.3) is 5.91 Å². The molecule has 228 valence electrons. The van der Waals surface area contributed by atoms with Gasteiger partial charge in [-0.3, -0.25) is 14.5 Å². The van der Waals surface area contributed by atoms with E-state index in [1.165, 1.54) is 35.2 Å². The third-order valence-corrected chi connectivity index (χ3v) is 8.55. The number of carbonyl (C=O) groups excluding carboxylic acids is 2. The molecule has 4 aromatic carbocycles. The number of fused-ring (bicyclic) bond motifs is 1. The van der Waals surface area contributed by atoms with Crippen LogP contribution in [-0.4, -0.2) is 38.3 Å². The lowest BCUT2D eigenvalue weighted by Crippen LogP contribution is -2.33. The van der Waals surface area contributed by atoms with Crippen molar-refractivity contribution in [2.45, 2.75) is 12.2 Å². The number of hydrogen-bond acceptors (Lipinski definition) is 6. The first-order chi connectivity index (χ1) is 22.2. The number of carboxylic acid groups (broad SMARTS) is 1. The Bertz CT molecular complexity index is 2050. The number of amides is 2. The summed E-state index contributed by atoms with van der Waals surface area (Å²) in [7, 11) is 0. The lowest BCUT2D eigenvalue weighted by atomic mass is 10.0. The van der Waals surface area contributed by atoms with Crippen molar-refractivity contribution in [3.8, 4) is 11.3 Å². The molecule has 1 aliphatic rings. The molecule has 1 unspecified atom stereocenters. The predicted molar refractivity (Wildman–Crippen MR) is 181 cm³/mol. The van der Waals surface area contributed by atoms with Crippen LogP contribution < -0.4 is 10.2 Å². The van der Waals surface area contributed by atoms with E-state index in [0.717, 1.165) is 11.8 Å². The summed E-state index contributed by atoms with van der Waals surface area (Å²) in [6, 6.07) is 28.5. The Morgan fingerprint density at radius 1 is 0.978 bits per heavy atom. The summed E-state index contributed by atoms with van der Waals surface area (Å²) < 4.78 is 14.5. The Morgan fingerprint density at radius 3 is 2.41 bits per heavy atom. The van der Waals surface area contributed by atoms with Crippen LogP contribution in [0.2, 0.25) is 5.02 Å². The first kappa shape index (κ1) is 30.7. The number of rotatable bonds is 7. The summed E-state index contributed by atoms with van der Waals surface area (Å²) in [6.45, 7) is 1.69. The zero-order chi connectivity index (χ0) is 32.4. The standard InChI is InChI=1S/C35H24ClFN4O4S/c1-20(32(42)38-22-16-14-21(15-17-22)30-18-25(34(44)45)24-10-5-6-13-29(24)39-30)46-35-40-31(19-26-27(36)11-7-12-28(26)37)33(43)41(35)23-8-3-2-4-9-23/h2-20H,1H3,(H,38,42)(H,44,45)/b31-19-. The number of hydrogen-bond donors (Lipinski definition) is 2. The Balaban J connectivity index is 1.22. The van der Waals surface area contributed by atoms with Gasteiger partial charge in [-0.15, -0.1) is 0 Å². The van der Waals surface area contributed by atoms with Crippen molar-refractivity contribution >= 4 is 74.7 Å². The molecule has 2 heterocycles. The SMILES string of the molecule is CC(SC1=N/C(=C\c2c(F)cccc2Cl)C(=O)N1c1ccccc1)C(=O)Nc1ccc(-c2cc(C(=O)O)c3ccccc3n2)cc1. The Labute approximate surface area is 272 Å². The van der Waals surface area contributed by atoms with E-state index in [4.69, 9.17) is 11.6 Å². The van der Waals surface area contributed by atoms with Crippen LogP contribution in [0, 0.1) is 5.82 Å². The van der Waals surface area contributed by atoms with Gasteiger partial charge in [0, 0.05) is 22.2 Å². The lowest BCUT2D eigenvalue weighted by molar-refractivity contribution is -0.115. The second-order valence-corrected chi connectivity index (χ2v) is 12.0. The summed E-state index contributed by atoms with van der Waals surface area (Å²) in [5.74, 6) is -2.46. The molecule has 5 aromatic rings. The molecule has 0 fully saturated rings. The zero-order valence-corrected chi connectivity index (χ0v) is 25.7. The normalized spacial score (nSPS) is 14.4. The number of aliphatic imine (C=N–C) groups is 1. The monoisotopic (exact) mass is 650 g/mol. The molecule has 0 radical (unpaired) electrons. The van der Waals surface area contributed by atoms with Gasteiger partial charge in [-0.25, -0.2) is 19.2 Å². The third-order valence-electron chi connectivity index (χ3n) is 7.17. The van der Waals surface area contributed by atoms with Crippen LogP contribution >= 0.6 is 23.4 Å². The Hall–Kier alpha value is -5.32. The summed E-state index contributed by atoms with van der Waals surface area (Å²) in [5, 5.41) is 12.8. The van der Waals surface area contributed by atoms with Gasteiger partial charge in [0.2, 0.25) is 5.91 Å². The number of thioether (sulfide) groups is 1. The third kappa shape index (κ3) is 6.26. The van der Waals surface area contributed by atoms with Gasteiger partial charge in [0.1, 0.15) is 11.5 Å². The highest BCUT2D eigenvalue weighted by atomic mass is 35.5. The molecule has 0 saturated heterocycles.